The second-order valence-electron chi connectivity index (χ2n) is 6.12. The lowest BCUT2D eigenvalue weighted by Crippen LogP contribution is -2.21. The predicted octanol–water partition coefficient (Wildman–Crippen LogP) is 3.46. The van der Waals surface area contributed by atoms with Crippen molar-refractivity contribution in [2.75, 3.05) is 7.11 Å². The molecule has 1 atom stereocenters. The number of amides is 2. The summed E-state index contributed by atoms with van der Waals surface area (Å²) in [6.07, 6.45) is -4.94. The molecule has 8 heteroatoms. The fraction of sp³-hybridized carbons (Fsp3) is 0.263. The van der Waals surface area contributed by atoms with E-state index >= 15 is 0 Å². The summed E-state index contributed by atoms with van der Waals surface area (Å²) in [4.78, 5) is 23.0. The van der Waals surface area contributed by atoms with Gasteiger partial charge < -0.3 is 16.2 Å². The smallest absolute Gasteiger partial charge is 0.417 e. The first-order valence-corrected chi connectivity index (χ1v) is 8.02. The second kappa shape index (κ2) is 7.69. The minimum absolute atomic E-state index is 0.157. The van der Waals surface area contributed by atoms with E-state index in [1.807, 2.05) is 0 Å². The molecule has 0 fully saturated rings. The van der Waals surface area contributed by atoms with Crippen molar-refractivity contribution >= 4 is 11.8 Å². The summed E-state index contributed by atoms with van der Waals surface area (Å²) < 4.78 is 45.7. The molecule has 0 bridgehead atoms. The third-order valence-electron chi connectivity index (χ3n) is 4.20. The first kappa shape index (κ1) is 20.3. The Morgan fingerprint density at radius 1 is 1.11 bits per heavy atom. The largest absolute Gasteiger partial charge is 0.496 e. The van der Waals surface area contributed by atoms with Crippen molar-refractivity contribution in [2.45, 2.75) is 25.4 Å². The Hall–Kier alpha value is -3.03. The van der Waals surface area contributed by atoms with E-state index in [0.717, 1.165) is 12.1 Å². The van der Waals surface area contributed by atoms with Gasteiger partial charge in [0.2, 0.25) is 11.8 Å². The molecular formula is C19H19F3N2O3. The molecule has 0 aliphatic carbocycles. The lowest BCUT2D eigenvalue weighted by atomic mass is 9.85. The van der Waals surface area contributed by atoms with Gasteiger partial charge in [-0.05, 0) is 35.2 Å². The summed E-state index contributed by atoms with van der Waals surface area (Å²) in [6, 6.07) is 8.62. The summed E-state index contributed by atoms with van der Waals surface area (Å²) in [5.41, 5.74) is 9.62. The monoisotopic (exact) mass is 380 g/mol. The van der Waals surface area contributed by atoms with E-state index in [4.69, 9.17) is 16.2 Å². The highest BCUT2D eigenvalue weighted by molar-refractivity contribution is 5.97. The van der Waals surface area contributed by atoms with Crippen LogP contribution in [0.5, 0.6) is 5.75 Å². The van der Waals surface area contributed by atoms with Gasteiger partial charge in [-0.2, -0.15) is 13.2 Å². The molecule has 0 aromatic heterocycles. The van der Waals surface area contributed by atoms with Gasteiger partial charge in [-0.25, -0.2) is 0 Å². The van der Waals surface area contributed by atoms with Crippen molar-refractivity contribution in [1.82, 2.24) is 0 Å². The Balaban J connectivity index is 2.85. The molecule has 2 aromatic rings. The normalized spacial score (nSPS) is 12.5. The van der Waals surface area contributed by atoms with Gasteiger partial charge in [0.25, 0.3) is 0 Å². The zero-order chi connectivity index (χ0) is 20.4. The van der Waals surface area contributed by atoms with Gasteiger partial charge >= 0.3 is 6.18 Å². The molecule has 2 amide bonds. The van der Waals surface area contributed by atoms with Gasteiger partial charge in [0.1, 0.15) is 5.75 Å². The van der Waals surface area contributed by atoms with E-state index in [0.29, 0.717) is 16.9 Å². The van der Waals surface area contributed by atoms with Crippen molar-refractivity contribution in [2.24, 2.45) is 11.5 Å². The van der Waals surface area contributed by atoms with Crippen LogP contribution in [0, 0.1) is 0 Å². The standard InChI is InChI=1S/C19H19F3N2O3/c1-10(7-17(23)25)12-9-15(19(20,21)22)14(18(24)26)8-13(12)11-5-3-4-6-16(11)27-2/h3-6,8-10H,7H2,1-2H3,(H2,23,25)(H2,24,26). The van der Waals surface area contributed by atoms with Crippen molar-refractivity contribution in [3.05, 3.63) is 53.1 Å². The van der Waals surface area contributed by atoms with Crippen molar-refractivity contribution in [1.29, 1.82) is 0 Å². The summed E-state index contributed by atoms with van der Waals surface area (Å²) >= 11 is 0. The lowest BCUT2D eigenvalue weighted by molar-refractivity contribution is -0.138. The summed E-state index contributed by atoms with van der Waals surface area (Å²) in [5, 5.41) is 0. The molecule has 0 spiro atoms. The maximum Gasteiger partial charge on any atom is 0.417 e. The Morgan fingerprint density at radius 3 is 2.26 bits per heavy atom. The molecule has 2 aromatic carbocycles. The lowest BCUT2D eigenvalue weighted by Gasteiger charge is -2.21. The Morgan fingerprint density at radius 2 is 1.74 bits per heavy atom. The molecule has 0 heterocycles. The van der Waals surface area contributed by atoms with Gasteiger partial charge in [0.05, 0.1) is 18.2 Å². The van der Waals surface area contributed by atoms with Crippen molar-refractivity contribution < 1.29 is 27.5 Å². The molecule has 1 unspecified atom stereocenters. The first-order chi connectivity index (χ1) is 12.6. The molecule has 27 heavy (non-hydrogen) atoms. The fourth-order valence-electron chi connectivity index (χ4n) is 2.97. The highest BCUT2D eigenvalue weighted by Gasteiger charge is 2.36. The van der Waals surface area contributed by atoms with Crippen LogP contribution in [0.25, 0.3) is 11.1 Å². The number of carbonyl (C=O) groups is 2. The van der Waals surface area contributed by atoms with E-state index in [1.54, 1.807) is 31.2 Å². The molecule has 0 saturated carbocycles. The Labute approximate surface area is 154 Å². The molecule has 0 radical (unpaired) electrons. The maximum absolute atomic E-state index is 13.5. The third-order valence-corrected chi connectivity index (χ3v) is 4.20. The number of alkyl halides is 3. The van der Waals surface area contributed by atoms with Crippen LogP contribution >= 0.6 is 0 Å². The molecule has 5 nitrogen and oxygen atoms in total. The zero-order valence-corrected chi connectivity index (χ0v) is 14.8. The second-order valence-corrected chi connectivity index (χ2v) is 6.12. The van der Waals surface area contributed by atoms with Crippen molar-refractivity contribution in [3.8, 4) is 16.9 Å². The number of benzene rings is 2. The molecule has 0 aliphatic rings. The minimum atomic E-state index is -4.79. The average molecular weight is 380 g/mol. The van der Waals surface area contributed by atoms with Crippen LogP contribution in [0.1, 0.15) is 40.7 Å². The number of nitrogens with two attached hydrogens (primary N) is 2. The van der Waals surface area contributed by atoms with Crippen LogP contribution in [0.4, 0.5) is 13.2 Å². The van der Waals surface area contributed by atoms with Crippen LogP contribution in [-0.4, -0.2) is 18.9 Å². The highest BCUT2D eigenvalue weighted by Crippen LogP contribution is 2.41. The quantitative estimate of drug-likeness (QED) is 0.803. The van der Waals surface area contributed by atoms with Crippen LogP contribution in [-0.2, 0) is 11.0 Å². The Bertz CT molecular complexity index is 879. The molecule has 0 aliphatic heterocycles. The van der Waals surface area contributed by atoms with Crippen LogP contribution in [0.15, 0.2) is 36.4 Å². The molecule has 4 N–H and O–H groups in total. The number of halogens is 3. The van der Waals surface area contributed by atoms with Crippen molar-refractivity contribution in [3.63, 3.8) is 0 Å². The molecule has 0 saturated heterocycles. The summed E-state index contributed by atoms with van der Waals surface area (Å²) in [7, 11) is 1.42. The SMILES string of the molecule is COc1ccccc1-c1cc(C(N)=O)c(C(F)(F)F)cc1C(C)CC(N)=O. The van der Waals surface area contributed by atoms with Gasteiger partial charge in [0.15, 0.2) is 0 Å². The van der Waals surface area contributed by atoms with Crippen LogP contribution in [0.2, 0.25) is 0 Å². The molecular weight excluding hydrogens is 361 g/mol. The molecule has 144 valence electrons. The topological polar surface area (TPSA) is 95.4 Å². The predicted molar refractivity (Wildman–Crippen MR) is 94.2 cm³/mol. The van der Waals surface area contributed by atoms with E-state index in [9.17, 15) is 22.8 Å². The number of primary amides is 2. The van der Waals surface area contributed by atoms with Crippen LogP contribution in [0.3, 0.4) is 0 Å². The average Bonchev–Trinajstić information content (AvgIpc) is 2.59. The number of para-hydroxylation sites is 1. The fourth-order valence-corrected chi connectivity index (χ4v) is 2.97. The van der Waals surface area contributed by atoms with E-state index < -0.39 is 35.0 Å². The maximum atomic E-state index is 13.5. The van der Waals surface area contributed by atoms with Gasteiger partial charge in [0, 0.05) is 12.0 Å². The number of carbonyl (C=O) groups excluding carboxylic acids is 2. The van der Waals surface area contributed by atoms with E-state index in [2.05, 4.69) is 0 Å². The number of hydrogen-bond donors (Lipinski definition) is 2. The van der Waals surface area contributed by atoms with Crippen LogP contribution < -0.4 is 16.2 Å². The van der Waals surface area contributed by atoms with E-state index in [1.165, 1.54) is 7.11 Å². The summed E-state index contributed by atoms with van der Waals surface area (Å²) in [5.74, 6) is -2.07. The first-order valence-electron chi connectivity index (χ1n) is 8.02. The molecule has 2 rings (SSSR count). The third kappa shape index (κ3) is 4.39. The van der Waals surface area contributed by atoms with E-state index in [-0.39, 0.29) is 12.0 Å². The summed E-state index contributed by atoms with van der Waals surface area (Å²) in [6.45, 7) is 1.59. The number of ether oxygens (including phenoxy) is 1. The van der Waals surface area contributed by atoms with Gasteiger partial charge in [-0.15, -0.1) is 0 Å². The number of rotatable bonds is 6. The Kier molecular flexibility index (Phi) is 5.78. The number of hydrogen-bond acceptors (Lipinski definition) is 3. The minimum Gasteiger partial charge on any atom is -0.496 e. The number of methoxy groups -OCH3 is 1. The highest BCUT2D eigenvalue weighted by atomic mass is 19.4. The van der Waals surface area contributed by atoms with Gasteiger partial charge in [-0.1, -0.05) is 25.1 Å². The zero-order valence-electron chi connectivity index (χ0n) is 14.8. The van der Waals surface area contributed by atoms with Gasteiger partial charge in [-0.3, -0.25) is 9.59 Å².